The minimum atomic E-state index is -0.347. The maximum Gasteiger partial charge on any atom is 0.265 e. The van der Waals surface area contributed by atoms with Crippen LogP contribution in [0.3, 0.4) is 0 Å². The van der Waals surface area contributed by atoms with Crippen LogP contribution in [-0.2, 0) is 17.8 Å². The van der Waals surface area contributed by atoms with Crippen LogP contribution in [0.4, 0.5) is 0 Å². The van der Waals surface area contributed by atoms with Crippen molar-refractivity contribution in [3.63, 3.8) is 0 Å². The molecule has 9 nitrogen and oxygen atoms in total. The monoisotopic (exact) mass is 409 g/mol. The Morgan fingerprint density at radius 3 is 2.90 bits per heavy atom. The second-order valence-corrected chi connectivity index (χ2v) is 7.01. The van der Waals surface area contributed by atoms with E-state index in [1.807, 2.05) is 35.1 Å². The van der Waals surface area contributed by atoms with Crippen molar-refractivity contribution < 1.29 is 13.9 Å². The van der Waals surface area contributed by atoms with Crippen LogP contribution in [0.5, 0.6) is 0 Å². The summed E-state index contributed by atoms with van der Waals surface area (Å²) in [6, 6.07) is 7.91. The van der Waals surface area contributed by atoms with Gasteiger partial charge in [-0.1, -0.05) is 18.2 Å². The standard InChI is InChI=1S/C21H23N5O4/c1-14-17(18-20(30-14)23-13-25(21(18)28)10-11-29-2)19(27)22-8-5-9-26-12-15-6-3-4-7-16(15)24-26/h3-4,6-7,12-13H,5,8-11H2,1-2H3,(H,22,27). The minimum Gasteiger partial charge on any atom is -0.442 e. The summed E-state index contributed by atoms with van der Waals surface area (Å²) in [5.41, 5.74) is 1.03. The summed E-state index contributed by atoms with van der Waals surface area (Å²) in [5.74, 6) is 0.0233. The largest absolute Gasteiger partial charge is 0.442 e. The summed E-state index contributed by atoms with van der Waals surface area (Å²) in [7, 11) is 1.56. The maximum atomic E-state index is 12.8. The molecular formula is C21H23N5O4. The average Bonchev–Trinajstić information content (AvgIpc) is 3.31. The van der Waals surface area contributed by atoms with E-state index in [0.29, 0.717) is 38.4 Å². The molecule has 0 atom stereocenters. The fourth-order valence-corrected chi connectivity index (χ4v) is 3.42. The van der Waals surface area contributed by atoms with Crippen molar-refractivity contribution in [3.05, 3.63) is 58.5 Å². The van der Waals surface area contributed by atoms with Gasteiger partial charge in [-0.2, -0.15) is 5.10 Å². The number of hydrogen-bond donors (Lipinski definition) is 1. The van der Waals surface area contributed by atoms with Crippen LogP contribution in [0.1, 0.15) is 22.5 Å². The molecule has 0 aliphatic rings. The molecule has 0 saturated carbocycles. The number of aromatic nitrogens is 4. The van der Waals surface area contributed by atoms with Crippen molar-refractivity contribution in [1.82, 2.24) is 24.6 Å². The van der Waals surface area contributed by atoms with Crippen LogP contribution < -0.4 is 10.9 Å². The van der Waals surface area contributed by atoms with E-state index in [2.05, 4.69) is 15.4 Å². The van der Waals surface area contributed by atoms with Crippen LogP contribution in [0.25, 0.3) is 22.0 Å². The van der Waals surface area contributed by atoms with E-state index in [0.717, 1.165) is 10.9 Å². The molecule has 0 aliphatic carbocycles. The van der Waals surface area contributed by atoms with Gasteiger partial charge in [0.2, 0.25) is 5.71 Å². The topological polar surface area (TPSA) is 104 Å². The lowest BCUT2D eigenvalue weighted by atomic mass is 10.1. The van der Waals surface area contributed by atoms with Gasteiger partial charge in [0.15, 0.2) is 0 Å². The van der Waals surface area contributed by atoms with E-state index in [4.69, 9.17) is 9.15 Å². The molecule has 0 spiro atoms. The van der Waals surface area contributed by atoms with E-state index in [1.165, 1.54) is 10.9 Å². The van der Waals surface area contributed by atoms with Crippen LogP contribution in [-0.4, -0.2) is 45.5 Å². The van der Waals surface area contributed by atoms with Gasteiger partial charge in [-0.05, 0) is 19.4 Å². The van der Waals surface area contributed by atoms with E-state index in [9.17, 15) is 9.59 Å². The molecule has 0 saturated heterocycles. The highest BCUT2D eigenvalue weighted by Gasteiger charge is 2.22. The van der Waals surface area contributed by atoms with Gasteiger partial charge in [0.25, 0.3) is 11.5 Å². The fourth-order valence-electron chi connectivity index (χ4n) is 3.42. The molecule has 3 aromatic heterocycles. The molecule has 3 heterocycles. The first-order valence-electron chi connectivity index (χ1n) is 9.76. The number of carbonyl (C=O) groups is 1. The summed E-state index contributed by atoms with van der Waals surface area (Å²) < 4.78 is 13.8. The van der Waals surface area contributed by atoms with E-state index in [1.54, 1.807) is 14.0 Å². The minimum absolute atomic E-state index is 0.166. The number of hydrogen-bond acceptors (Lipinski definition) is 6. The SMILES string of the molecule is COCCn1cnc2oc(C)c(C(=O)NCCCn3cc4ccccc4n3)c2c1=O. The van der Waals surface area contributed by atoms with Crippen molar-refractivity contribution >= 4 is 27.9 Å². The Morgan fingerprint density at radius 2 is 2.10 bits per heavy atom. The first-order valence-corrected chi connectivity index (χ1v) is 9.76. The van der Waals surface area contributed by atoms with Gasteiger partial charge in [0.1, 0.15) is 17.5 Å². The van der Waals surface area contributed by atoms with Crippen LogP contribution in [0.15, 0.2) is 46.0 Å². The van der Waals surface area contributed by atoms with Crippen LogP contribution in [0.2, 0.25) is 0 Å². The lowest BCUT2D eigenvalue weighted by Crippen LogP contribution is -2.28. The second-order valence-electron chi connectivity index (χ2n) is 7.01. The van der Waals surface area contributed by atoms with Gasteiger partial charge >= 0.3 is 0 Å². The Kier molecular flexibility index (Phi) is 5.62. The summed E-state index contributed by atoms with van der Waals surface area (Å²) in [4.78, 5) is 29.7. The van der Waals surface area contributed by atoms with Crippen LogP contribution in [0, 0.1) is 6.92 Å². The second kappa shape index (κ2) is 8.50. The van der Waals surface area contributed by atoms with E-state index in [-0.39, 0.29) is 28.1 Å². The number of ether oxygens (including phenoxy) is 1. The third kappa shape index (κ3) is 3.84. The average molecular weight is 409 g/mol. The number of nitrogens with zero attached hydrogens (tertiary/aromatic N) is 4. The number of fused-ring (bicyclic) bond motifs is 2. The molecule has 9 heteroatoms. The lowest BCUT2D eigenvalue weighted by Gasteiger charge is -2.06. The Morgan fingerprint density at radius 1 is 1.27 bits per heavy atom. The molecular weight excluding hydrogens is 386 g/mol. The first kappa shape index (κ1) is 19.8. The van der Waals surface area contributed by atoms with Crippen molar-refractivity contribution in [3.8, 4) is 0 Å². The van der Waals surface area contributed by atoms with E-state index < -0.39 is 0 Å². The number of rotatable bonds is 8. The van der Waals surface area contributed by atoms with Crippen molar-refractivity contribution in [2.24, 2.45) is 0 Å². The highest BCUT2D eigenvalue weighted by Crippen LogP contribution is 2.20. The van der Waals surface area contributed by atoms with Gasteiger partial charge in [-0.25, -0.2) is 4.98 Å². The molecule has 30 heavy (non-hydrogen) atoms. The number of benzene rings is 1. The molecule has 0 unspecified atom stereocenters. The van der Waals surface area contributed by atoms with Gasteiger partial charge in [-0.15, -0.1) is 0 Å². The molecule has 1 amide bonds. The predicted octanol–water partition coefficient (Wildman–Crippen LogP) is 2.11. The molecule has 0 fully saturated rings. The fraction of sp³-hybridized carbons (Fsp3) is 0.333. The van der Waals surface area contributed by atoms with Gasteiger partial charge in [0, 0.05) is 31.8 Å². The Bertz CT molecular complexity index is 1220. The summed E-state index contributed by atoms with van der Waals surface area (Å²) in [6.45, 7) is 3.49. The molecule has 4 aromatic rings. The van der Waals surface area contributed by atoms with Gasteiger partial charge < -0.3 is 14.5 Å². The number of carbonyl (C=O) groups excluding carboxylic acids is 1. The number of methoxy groups -OCH3 is 1. The first-order chi connectivity index (χ1) is 14.6. The predicted molar refractivity (Wildman–Crippen MR) is 112 cm³/mol. The van der Waals surface area contributed by atoms with Crippen molar-refractivity contribution in [2.75, 3.05) is 20.3 Å². The molecule has 0 aliphatic heterocycles. The zero-order chi connectivity index (χ0) is 21.1. The van der Waals surface area contributed by atoms with Crippen molar-refractivity contribution in [1.29, 1.82) is 0 Å². The Balaban J connectivity index is 1.44. The summed E-state index contributed by atoms with van der Waals surface area (Å²) >= 11 is 0. The third-order valence-corrected chi connectivity index (χ3v) is 4.93. The summed E-state index contributed by atoms with van der Waals surface area (Å²) in [6.07, 6.45) is 4.09. The number of furan rings is 1. The lowest BCUT2D eigenvalue weighted by molar-refractivity contribution is 0.0952. The Hall–Kier alpha value is -3.46. The molecule has 1 aromatic carbocycles. The quantitative estimate of drug-likeness (QED) is 0.447. The Labute approximate surface area is 172 Å². The highest BCUT2D eigenvalue weighted by atomic mass is 16.5. The zero-order valence-electron chi connectivity index (χ0n) is 16.9. The molecule has 4 rings (SSSR count). The molecule has 0 bridgehead atoms. The number of nitrogens with one attached hydrogen (secondary N) is 1. The van der Waals surface area contributed by atoms with Gasteiger partial charge in [-0.3, -0.25) is 18.8 Å². The smallest absolute Gasteiger partial charge is 0.265 e. The number of amides is 1. The molecule has 156 valence electrons. The molecule has 0 radical (unpaired) electrons. The van der Waals surface area contributed by atoms with E-state index >= 15 is 0 Å². The number of aryl methyl sites for hydroxylation is 2. The summed E-state index contributed by atoms with van der Waals surface area (Å²) in [5, 5.41) is 8.66. The van der Waals surface area contributed by atoms with Gasteiger partial charge in [0.05, 0.1) is 24.2 Å². The van der Waals surface area contributed by atoms with Crippen LogP contribution >= 0.6 is 0 Å². The third-order valence-electron chi connectivity index (χ3n) is 4.93. The zero-order valence-corrected chi connectivity index (χ0v) is 16.9. The van der Waals surface area contributed by atoms with Crippen molar-refractivity contribution in [2.45, 2.75) is 26.4 Å². The normalized spacial score (nSPS) is 11.4. The highest BCUT2D eigenvalue weighted by molar-refractivity contribution is 6.06. The maximum absolute atomic E-state index is 12.8. The molecule has 1 N–H and O–H groups in total.